The summed E-state index contributed by atoms with van der Waals surface area (Å²) in [6, 6.07) is 3.48. The lowest BCUT2D eigenvalue weighted by molar-refractivity contribution is -0.143. The number of hydrogen-bond acceptors (Lipinski definition) is 2. The zero-order chi connectivity index (χ0) is 11.8. The summed E-state index contributed by atoms with van der Waals surface area (Å²) in [5, 5.41) is 19.0. The Kier molecular flexibility index (Phi) is 2.58. The molecule has 4 heteroatoms. The topological polar surface area (TPSA) is 57.5 Å². The summed E-state index contributed by atoms with van der Waals surface area (Å²) in [4.78, 5) is 11.4. The molecule has 0 saturated heterocycles. The van der Waals surface area contributed by atoms with E-state index in [1.807, 2.05) is 0 Å². The molecular weight excluding hydrogens is 211 g/mol. The standard InChI is InChI=1S/C12H13FO3/c13-8-3-4-10(14)9(7-8)12(11(15)16)5-1-2-6-12/h3-4,7,14H,1-2,5-6H2,(H,15,16). The van der Waals surface area contributed by atoms with E-state index in [2.05, 4.69) is 0 Å². The molecule has 2 N–H and O–H groups in total. The van der Waals surface area contributed by atoms with Crippen molar-refractivity contribution in [3.8, 4) is 5.75 Å². The van der Waals surface area contributed by atoms with E-state index in [4.69, 9.17) is 0 Å². The van der Waals surface area contributed by atoms with Crippen molar-refractivity contribution in [2.75, 3.05) is 0 Å². The Morgan fingerprint density at radius 3 is 2.50 bits per heavy atom. The molecule has 1 aliphatic carbocycles. The molecule has 0 spiro atoms. The van der Waals surface area contributed by atoms with E-state index in [1.54, 1.807) is 0 Å². The first-order valence-electron chi connectivity index (χ1n) is 5.29. The third-order valence-corrected chi connectivity index (χ3v) is 3.34. The number of aliphatic carboxylic acids is 1. The van der Waals surface area contributed by atoms with E-state index >= 15 is 0 Å². The van der Waals surface area contributed by atoms with Crippen LogP contribution in [0.5, 0.6) is 5.75 Å². The molecule has 3 nitrogen and oxygen atoms in total. The summed E-state index contributed by atoms with van der Waals surface area (Å²) in [7, 11) is 0. The minimum atomic E-state index is -1.10. The van der Waals surface area contributed by atoms with Gasteiger partial charge in [-0.2, -0.15) is 0 Å². The Hall–Kier alpha value is -1.58. The van der Waals surface area contributed by atoms with Gasteiger partial charge in [-0.3, -0.25) is 4.79 Å². The monoisotopic (exact) mass is 224 g/mol. The molecule has 0 radical (unpaired) electrons. The highest BCUT2D eigenvalue weighted by Gasteiger charge is 2.44. The van der Waals surface area contributed by atoms with Crippen LogP contribution in [0.4, 0.5) is 4.39 Å². The average Bonchev–Trinajstić information content (AvgIpc) is 2.71. The maximum absolute atomic E-state index is 13.1. The third kappa shape index (κ3) is 1.54. The maximum Gasteiger partial charge on any atom is 0.314 e. The van der Waals surface area contributed by atoms with Crippen LogP contribution in [0.1, 0.15) is 31.2 Å². The van der Waals surface area contributed by atoms with Crippen molar-refractivity contribution < 1.29 is 19.4 Å². The number of carboxylic acid groups (broad SMARTS) is 1. The van der Waals surface area contributed by atoms with Crippen molar-refractivity contribution in [1.82, 2.24) is 0 Å². The van der Waals surface area contributed by atoms with Gasteiger partial charge in [0.1, 0.15) is 11.6 Å². The SMILES string of the molecule is O=C(O)C1(c2cc(F)ccc2O)CCCC1. The number of phenolic OH excluding ortho intramolecular Hbond substituents is 1. The molecule has 2 rings (SSSR count). The van der Waals surface area contributed by atoms with Gasteiger partial charge in [0.05, 0.1) is 5.41 Å². The zero-order valence-corrected chi connectivity index (χ0v) is 8.74. The van der Waals surface area contributed by atoms with Crippen LogP contribution in [-0.4, -0.2) is 16.2 Å². The van der Waals surface area contributed by atoms with Crippen molar-refractivity contribution in [1.29, 1.82) is 0 Å². The molecule has 0 aliphatic heterocycles. The van der Waals surface area contributed by atoms with Crippen molar-refractivity contribution >= 4 is 5.97 Å². The largest absolute Gasteiger partial charge is 0.508 e. The lowest BCUT2D eigenvalue weighted by Gasteiger charge is -2.25. The quantitative estimate of drug-likeness (QED) is 0.811. The molecule has 1 saturated carbocycles. The summed E-state index contributed by atoms with van der Waals surface area (Å²) in [5.41, 5.74) is -0.899. The Balaban J connectivity index is 2.55. The highest BCUT2D eigenvalue weighted by Crippen LogP contribution is 2.44. The normalized spacial score (nSPS) is 18.6. The Labute approximate surface area is 92.5 Å². The lowest BCUT2D eigenvalue weighted by atomic mass is 9.78. The van der Waals surface area contributed by atoms with Crippen LogP contribution in [0.15, 0.2) is 18.2 Å². The summed E-state index contributed by atoms with van der Waals surface area (Å²) in [6.07, 6.45) is 2.50. The Morgan fingerprint density at radius 2 is 1.94 bits per heavy atom. The number of halogens is 1. The van der Waals surface area contributed by atoms with Crippen molar-refractivity contribution in [2.45, 2.75) is 31.1 Å². The highest BCUT2D eigenvalue weighted by atomic mass is 19.1. The van der Waals surface area contributed by atoms with E-state index in [1.165, 1.54) is 6.07 Å². The van der Waals surface area contributed by atoms with Crippen molar-refractivity contribution in [3.63, 3.8) is 0 Å². The molecule has 0 unspecified atom stereocenters. The first kappa shape index (κ1) is 10.9. The number of phenols is 1. The predicted octanol–water partition coefficient (Wildman–Crippen LogP) is 2.43. The van der Waals surface area contributed by atoms with E-state index in [0.29, 0.717) is 12.8 Å². The first-order chi connectivity index (χ1) is 7.56. The van der Waals surface area contributed by atoms with Crippen LogP contribution >= 0.6 is 0 Å². The summed E-state index contributed by atoms with van der Waals surface area (Å²) in [5.74, 6) is -1.63. The predicted molar refractivity (Wildman–Crippen MR) is 55.8 cm³/mol. The second-order valence-electron chi connectivity index (χ2n) is 4.26. The van der Waals surface area contributed by atoms with Gasteiger partial charge in [-0.05, 0) is 31.0 Å². The minimum absolute atomic E-state index is 0.134. The van der Waals surface area contributed by atoms with Gasteiger partial charge in [-0.1, -0.05) is 12.8 Å². The number of rotatable bonds is 2. The van der Waals surface area contributed by atoms with Gasteiger partial charge in [0.2, 0.25) is 0 Å². The van der Waals surface area contributed by atoms with Crippen molar-refractivity contribution in [3.05, 3.63) is 29.6 Å². The fourth-order valence-electron chi connectivity index (χ4n) is 2.47. The second-order valence-corrected chi connectivity index (χ2v) is 4.26. The average molecular weight is 224 g/mol. The molecule has 0 bridgehead atoms. The van der Waals surface area contributed by atoms with Crippen LogP contribution in [-0.2, 0) is 10.2 Å². The van der Waals surface area contributed by atoms with Gasteiger partial charge in [-0.15, -0.1) is 0 Å². The number of carbonyl (C=O) groups is 1. The fourth-order valence-corrected chi connectivity index (χ4v) is 2.47. The third-order valence-electron chi connectivity index (χ3n) is 3.34. The summed E-state index contributed by atoms with van der Waals surface area (Å²) >= 11 is 0. The van der Waals surface area contributed by atoms with Crippen molar-refractivity contribution in [2.24, 2.45) is 0 Å². The molecule has 1 fully saturated rings. The summed E-state index contributed by atoms with van der Waals surface area (Å²) in [6.45, 7) is 0. The molecule has 86 valence electrons. The van der Waals surface area contributed by atoms with Crippen LogP contribution < -0.4 is 0 Å². The molecule has 0 atom stereocenters. The van der Waals surface area contributed by atoms with Gasteiger partial charge in [0, 0.05) is 5.56 Å². The molecule has 1 aliphatic rings. The van der Waals surface area contributed by atoms with Gasteiger partial charge < -0.3 is 10.2 Å². The zero-order valence-electron chi connectivity index (χ0n) is 8.74. The van der Waals surface area contributed by atoms with Gasteiger partial charge >= 0.3 is 5.97 Å². The number of aromatic hydroxyl groups is 1. The number of hydrogen-bond donors (Lipinski definition) is 2. The highest BCUT2D eigenvalue weighted by molar-refractivity contribution is 5.82. The second kappa shape index (κ2) is 3.77. The van der Waals surface area contributed by atoms with Crippen LogP contribution in [0.25, 0.3) is 0 Å². The Morgan fingerprint density at radius 1 is 1.31 bits per heavy atom. The van der Waals surface area contributed by atoms with E-state index in [9.17, 15) is 19.4 Å². The van der Waals surface area contributed by atoms with Gasteiger partial charge in [-0.25, -0.2) is 4.39 Å². The molecule has 1 aromatic carbocycles. The molecule has 0 aromatic heterocycles. The smallest absolute Gasteiger partial charge is 0.314 e. The molecule has 0 heterocycles. The number of benzene rings is 1. The minimum Gasteiger partial charge on any atom is -0.508 e. The molecule has 1 aromatic rings. The van der Waals surface area contributed by atoms with E-state index in [-0.39, 0.29) is 11.3 Å². The van der Waals surface area contributed by atoms with Gasteiger partial charge in [0.15, 0.2) is 0 Å². The lowest BCUT2D eigenvalue weighted by Crippen LogP contribution is -2.32. The molecule has 16 heavy (non-hydrogen) atoms. The van der Waals surface area contributed by atoms with E-state index < -0.39 is 17.2 Å². The molecule has 0 amide bonds. The van der Waals surface area contributed by atoms with Gasteiger partial charge in [0.25, 0.3) is 0 Å². The van der Waals surface area contributed by atoms with Crippen LogP contribution in [0, 0.1) is 5.82 Å². The summed E-state index contributed by atoms with van der Waals surface area (Å²) < 4.78 is 13.1. The van der Waals surface area contributed by atoms with Crippen LogP contribution in [0.3, 0.4) is 0 Å². The van der Waals surface area contributed by atoms with Crippen LogP contribution in [0.2, 0.25) is 0 Å². The fraction of sp³-hybridized carbons (Fsp3) is 0.417. The molecular formula is C12H13FO3. The van der Waals surface area contributed by atoms with E-state index in [0.717, 1.165) is 25.0 Å². The maximum atomic E-state index is 13.1. The first-order valence-corrected chi connectivity index (χ1v) is 5.29. The Bertz CT molecular complexity index is 422. The number of carboxylic acids is 1.